The van der Waals surface area contributed by atoms with Gasteiger partial charge in [-0.25, -0.2) is 4.98 Å². The van der Waals surface area contributed by atoms with Crippen LogP contribution in [0.3, 0.4) is 0 Å². The van der Waals surface area contributed by atoms with Gasteiger partial charge in [0.1, 0.15) is 10.7 Å². The first-order valence-electron chi connectivity index (χ1n) is 5.28. The molecule has 3 nitrogen and oxygen atoms in total. The van der Waals surface area contributed by atoms with Crippen LogP contribution in [-0.4, -0.2) is 18.1 Å². The van der Waals surface area contributed by atoms with E-state index in [2.05, 4.69) is 38.4 Å². The molecule has 1 aromatic rings. The SMILES string of the molecule is N#Cc1cc(C2=CC3CNCC23)cnc1Br. The van der Waals surface area contributed by atoms with Crippen LogP contribution in [0.2, 0.25) is 0 Å². The van der Waals surface area contributed by atoms with E-state index in [9.17, 15) is 0 Å². The van der Waals surface area contributed by atoms with Gasteiger partial charge in [-0.3, -0.25) is 0 Å². The molecule has 1 saturated heterocycles. The van der Waals surface area contributed by atoms with Gasteiger partial charge in [0.2, 0.25) is 0 Å². The first-order chi connectivity index (χ1) is 7.79. The van der Waals surface area contributed by atoms with Gasteiger partial charge >= 0.3 is 0 Å². The summed E-state index contributed by atoms with van der Waals surface area (Å²) >= 11 is 3.27. The van der Waals surface area contributed by atoms with Crippen molar-refractivity contribution in [3.05, 3.63) is 34.1 Å². The van der Waals surface area contributed by atoms with Crippen molar-refractivity contribution in [1.82, 2.24) is 10.3 Å². The molecule has 4 heteroatoms. The average molecular weight is 276 g/mol. The largest absolute Gasteiger partial charge is 0.315 e. The number of nitrogens with zero attached hydrogens (tertiary/aromatic N) is 2. The maximum Gasteiger partial charge on any atom is 0.123 e. The van der Waals surface area contributed by atoms with Crippen molar-refractivity contribution in [1.29, 1.82) is 5.26 Å². The second-order valence-corrected chi connectivity index (χ2v) is 4.98. The van der Waals surface area contributed by atoms with Crippen molar-refractivity contribution in [3.8, 4) is 6.07 Å². The maximum atomic E-state index is 8.95. The summed E-state index contributed by atoms with van der Waals surface area (Å²) in [6.07, 6.45) is 4.13. The van der Waals surface area contributed by atoms with Crippen LogP contribution in [0.25, 0.3) is 5.57 Å². The van der Waals surface area contributed by atoms with Crippen LogP contribution >= 0.6 is 15.9 Å². The fourth-order valence-corrected chi connectivity index (χ4v) is 2.75. The first-order valence-corrected chi connectivity index (χ1v) is 6.07. The van der Waals surface area contributed by atoms with E-state index in [1.807, 2.05) is 12.3 Å². The summed E-state index contributed by atoms with van der Waals surface area (Å²) in [6.45, 7) is 2.14. The summed E-state index contributed by atoms with van der Waals surface area (Å²) < 4.78 is 0.625. The van der Waals surface area contributed by atoms with Crippen molar-refractivity contribution >= 4 is 21.5 Å². The summed E-state index contributed by atoms with van der Waals surface area (Å²) in [6, 6.07) is 4.06. The van der Waals surface area contributed by atoms with Gasteiger partial charge in [-0.05, 0) is 39.1 Å². The van der Waals surface area contributed by atoms with Gasteiger partial charge < -0.3 is 5.32 Å². The van der Waals surface area contributed by atoms with Crippen LogP contribution in [0.5, 0.6) is 0 Å². The zero-order valence-corrected chi connectivity index (χ0v) is 10.2. The van der Waals surface area contributed by atoms with E-state index in [-0.39, 0.29) is 0 Å². The minimum atomic E-state index is 0.604. The number of rotatable bonds is 1. The minimum absolute atomic E-state index is 0.604. The average Bonchev–Trinajstić information content (AvgIpc) is 2.63. The Morgan fingerprint density at radius 1 is 1.50 bits per heavy atom. The number of halogens is 1. The molecule has 1 aliphatic heterocycles. The predicted molar refractivity (Wildman–Crippen MR) is 64.5 cm³/mol. The third kappa shape index (κ3) is 1.40. The van der Waals surface area contributed by atoms with E-state index < -0.39 is 0 Å². The van der Waals surface area contributed by atoms with Crippen molar-refractivity contribution in [2.24, 2.45) is 11.8 Å². The molecular weight excluding hydrogens is 266 g/mol. The molecule has 16 heavy (non-hydrogen) atoms. The molecule has 0 bridgehead atoms. The number of pyridine rings is 1. The van der Waals surface area contributed by atoms with E-state index in [0.29, 0.717) is 22.0 Å². The van der Waals surface area contributed by atoms with Gasteiger partial charge in [-0.2, -0.15) is 5.26 Å². The molecule has 0 amide bonds. The van der Waals surface area contributed by atoms with Crippen LogP contribution in [0.1, 0.15) is 11.1 Å². The van der Waals surface area contributed by atoms with E-state index in [1.165, 1.54) is 5.57 Å². The Morgan fingerprint density at radius 3 is 3.12 bits per heavy atom. The molecule has 2 unspecified atom stereocenters. The molecule has 1 aromatic heterocycles. The maximum absolute atomic E-state index is 8.95. The first kappa shape index (κ1) is 10.0. The monoisotopic (exact) mass is 275 g/mol. The molecule has 1 N–H and O–H groups in total. The highest BCUT2D eigenvalue weighted by atomic mass is 79.9. The quantitative estimate of drug-likeness (QED) is 0.797. The fourth-order valence-electron chi connectivity index (χ4n) is 2.45. The second-order valence-electron chi connectivity index (χ2n) is 4.22. The number of hydrogen-bond acceptors (Lipinski definition) is 3. The summed E-state index contributed by atoms with van der Waals surface area (Å²) in [5, 5.41) is 12.3. The smallest absolute Gasteiger partial charge is 0.123 e. The topological polar surface area (TPSA) is 48.7 Å². The molecule has 0 spiro atoms. The van der Waals surface area contributed by atoms with Crippen LogP contribution in [-0.2, 0) is 0 Å². The predicted octanol–water partition coefficient (Wildman–Crippen LogP) is 1.95. The number of nitrogens with one attached hydrogen (secondary N) is 1. The molecule has 2 aliphatic rings. The zero-order valence-electron chi connectivity index (χ0n) is 8.57. The molecule has 1 fully saturated rings. The zero-order chi connectivity index (χ0) is 11.1. The Labute approximate surface area is 102 Å². The van der Waals surface area contributed by atoms with Crippen LogP contribution < -0.4 is 5.32 Å². The molecule has 0 aromatic carbocycles. The fraction of sp³-hybridized carbons (Fsp3) is 0.333. The van der Waals surface area contributed by atoms with Crippen molar-refractivity contribution in [3.63, 3.8) is 0 Å². The third-order valence-corrected chi connectivity index (χ3v) is 3.98. The third-order valence-electron chi connectivity index (χ3n) is 3.35. The Hall–Kier alpha value is -1.18. The number of hydrogen-bond donors (Lipinski definition) is 1. The molecule has 0 saturated carbocycles. The molecule has 80 valence electrons. The van der Waals surface area contributed by atoms with E-state index in [0.717, 1.165) is 18.7 Å². The van der Waals surface area contributed by atoms with Crippen LogP contribution in [0.15, 0.2) is 22.9 Å². The minimum Gasteiger partial charge on any atom is -0.315 e. The Balaban J connectivity index is 1.97. The lowest BCUT2D eigenvalue weighted by atomic mass is 9.74. The molecule has 2 heterocycles. The lowest BCUT2D eigenvalue weighted by Crippen LogP contribution is -2.22. The van der Waals surface area contributed by atoms with Crippen molar-refractivity contribution in [2.75, 3.05) is 13.1 Å². The van der Waals surface area contributed by atoms with Crippen molar-refractivity contribution < 1.29 is 0 Å². The van der Waals surface area contributed by atoms with Gasteiger partial charge in [0, 0.05) is 25.2 Å². The highest BCUT2D eigenvalue weighted by molar-refractivity contribution is 9.10. The summed E-state index contributed by atoms with van der Waals surface area (Å²) in [4.78, 5) is 4.20. The summed E-state index contributed by atoms with van der Waals surface area (Å²) in [7, 11) is 0. The normalized spacial score (nSPS) is 26.6. The highest BCUT2D eigenvalue weighted by Crippen LogP contribution is 2.42. The number of nitriles is 1. The summed E-state index contributed by atoms with van der Waals surface area (Å²) in [5.41, 5.74) is 3.03. The van der Waals surface area contributed by atoms with Crippen LogP contribution in [0, 0.1) is 23.2 Å². The number of fused-ring (bicyclic) bond motifs is 1. The van der Waals surface area contributed by atoms with E-state index >= 15 is 0 Å². The molecule has 3 rings (SSSR count). The lowest BCUT2D eigenvalue weighted by Gasteiger charge is -2.29. The highest BCUT2D eigenvalue weighted by Gasteiger charge is 2.36. The van der Waals surface area contributed by atoms with Gasteiger partial charge in [-0.1, -0.05) is 6.08 Å². The van der Waals surface area contributed by atoms with Gasteiger partial charge in [0.25, 0.3) is 0 Å². The molecule has 2 atom stereocenters. The summed E-state index contributed by atoms with van der Waals surface area (Å²) in [5.74, 6) is 1.30. The lowest BCUT2D eigenvalue weighted by molar-refractivity contribution is 0.564. The number of aromatic nitrogens is 1. The van der Waals surface area contributed by atoms with Gasteiger partial charge in [-0.15, -0.1) is 0 Å². The Kier molecular flexibility index (Phi) is 2.31. The van der Waals surface area contributed by atoms with E-state index in [1.54, 1.807) is 0 Å². The second kappa shape index (κ2) is 3.69. The van der Waals surface area contributed by atoms with Crippen LogP contribution in [0.4, 0.5) is 0 Å². The van der Waals surface area contributed by atoms with Crippen molar-refractivity contribution in [2.45, 2.75) is 0 Å². The Morgan fingerprint density at radius 2 is 2.38 bits per heavy atom. The molecule has 0 radical (unpaired) electrons. The standard InChI is InChI=1S/C12H10BrN3/c13-12-7(3-14)1-8(5-16-12)10-2-9-4-15-6-11(9)10/h1-2,5,9,11,15H,4,6H2. The van der Waals surface area contributed by atoms with Gasteiger partial charge in [0.15, 0.2) is 0 Å². The van der Waals surface area contributed by atoms with E-state index in [4.69, 9.17) is 5.26 Å². The molecular formula is C12H10BrN3. The molecule has 1 aliphatic carbocycles. The van der Waals surface area contributed by atoms with Gasteiger partial charge in [0.05, 0.1) is 5.56 Å². The Bertz CT molecular complexity index is 515.